The van der Waals surface area contributed by atoms with Gasteiger partial charge in [-0.2, -0.15) is 0 Å². The van der Waals surface area contributed by atoms with Crippen molar-refractivity contribution in [3.8, 4) is 5.82 Å². The summed E-state index contributed by atoms with van der Waals surface area (Å²) in [7, 11) is 0. The first-order valence-corrected chi connectivity index (χ1v) is 6.86. The van der Waals surface area contributed by atoms with Crippen molar-refractivity contribution in [2.45, 2.75) is 40.0 Å². The van der Waals surface area contributed by atoms with E-state index in [1.807, 2.05) is 17.7 Å². The third-order valence-electron chi connectivity index (χ3n) is 3.02. The van der Waals surface area contributed by atoms with Crippen LogP contribution in [0.1, 0.15) is 38.1 Å². The van der Waals surface area contributed by atoms with Gasteiger partial charge in [0.05, 0.1) is 0 Å². The molecule has 5 heteroatoms. The number of rotatable bonds is 6. The zero-order chi connectivity index (χ0) is 13.7. The molecule has 0 aliphatic carbocycles. The molecule has 0 fully saturated rings. The van der Waals surface area contributed by atoms with Crippen LogP contribution in [-0.2, 0) is 6.42 Å². The van der Waals surface area contributed by atoms with E-state index in [-0.39, 0.29) is 0 Å². The lowest BCUT2D eigenvalue weighted by molar-refractivity contribution is 0.840. The predicted octanol–water partition coefficient (Wildman–Crippen LogP) is 2.75. The molecule has 0 aliphatic heterocycles. The molecule has 102 valence electrons. The minimum atomic E-state index is 0.927. The molecule has 1 N–H and O–H groups in total. The summed E-state index contributed by atoms with van der Waals surface area (Å²) in [4.78, 5) is 13.1. The Morgan fingerprint density at radius 2 is 2.00 bits per heavy atom. The highest BCUT2D eigenvalue weighted by Gasteiger charge is 2.13. The minimum absolute atomic E-state index is 0.927. The van der Waals surface area contributed by atoms with Gasteiger partial charge in [0.15, 0.2) is 0 Å². The van der Waals surface area contributed by atoms with Gasteiger partial charge in [0.2, 0.25) is 0 Å². The van der Waals surface area contributed by atoms with Gasteiger partial charge in [0, 0.05) is 24.5 Å². The van der Waals surface area contributed by atoms with Crippen molar-refractivity contribution in [2.24, 2.45) is 0 Å². The van der Waals surface area contributed by atoms with Crippen LogP contribution in [0.25, 0.3) is 5.82 Å². The molecule has 2 aromatic rings. The summed E-state index contributed by atoms with van der Waals surface area (Å²) in [6, 6.07) is 0. The first-order chi connectivity index (χ1) is 9.27. The molecule has 2 aromatic heterocycles. The fourth-order valence-electron chi connectivity index (χ4n) is 2.09. The summed E-state index contributed by atoms with van der Waals surface area (Å²) >= 11 is 0. The zero-order valence-electron chi connectivity index (χ0n) is 11.8. The SMILES string of the molecule is CCCNc1ncnc(-n2ccnc2C)c1CCC. The number of hydrogen-bond acceptors (Lipinski definition) is 4. The van der Waals surface area contributed by atoms with E-state index in [0.29, 0.717) is 0 Å². The Bertz CT molecular complexity index is 532. The minimum Gasteiger partial charge on any atom is -0.370 e. The van der Waals surface area contributed by atoms with Crippen molar-refractivity contribution >= 4 is 5.82 Å². The highest BCUT2D eigenvalue weighted by molar-refractivity contribution is 5.52. The molecule has 0 spiro atoms. The lowest BCUT2D eigenvalue weighted by Crippen LogP contribution is -2.11. The molecule has 0 bridgehead atoms. The van der Waals surface area contributed by atoms with Gasteiger partial charge in [-0.3, -0.25) is 4.57 Å². The zero-order valence-corrected chi connectivity index (χ0v) is 11.8. The second kappa shape index (κ2) is 6.31. The molecule has 0 radical (unpaired) electrons. The molecule has 19 heavy (non-hydrogen) atoms. The van der Waals surface area contributed by atoms with E-state index in [2.05, 4.69) is 34.1 Å². The molecule has 0 aliphatic rings. The van der Waals surface area contributed by atoms with Crippen molar-refractivity contribution in [3.05, 3.63) is 30.1 Å². The molecule has 2 rings (SSSR count). The van der Waals surface area contributed by atoms with Crippen molar-refractivity contribution in [1.82, 2.24) is 19.5 Å². The summed E-state index contributed by atoms with van der Waals surface area (Å²) in [5, 5.41) is 3.38. The third-order valence-corrected chi connectivity index (χ3v) is 3.02. The Morgan fingerprint density at radius 1 is 1.16 bits per heavy atom. The van der Waals surface area contributed by atoms with Crippen LogP contribution in [-0.4, -0.2) is 26.1 Å². The van der Waals surface area contributed by atoms with Gasteiger partial charge in [-0.15, -0.1) is 0 Å². The van der Waals surface area contributed by atoms with Gasteiger partial charge in [-0.05, 0) is 19.8 Å². The molecule has 5 nitrogen and oxygen atoms in total. The molecule has 0 saturated carbocycles. The standard InChI is InChI=1S/C14H21N5/c1-4-6-12-13(16-7-5-2)17-10-18-14(12)19-9-8-15-11(19)3/h8-10H,4-7H2,1-3H3,(H,16,17,18). The van der Waals surface area contributed by atoms with Gasteiger partial charge in [-0.1, -0.05) is 20.3 Å². The Hall–Kier alpha value is -1.91. The largest absolute Gasteiger partial charge is 0.370 e. The van der Waals surface area contributed by atoms with Crippen molar-refractivity contribution < 1.29 is 0 Å². The van der Waals surface area contributed by atoms with Crippen LogP contribution in [0.15, 0.2) is 18.7 Å². The van der Waals surface area contributed by atoms with E-state index >= 15 is 0 Å². The summed E-state index contributed by atoms with van der Waals surface area (Å²) in [6.07, 6.45) is 8.46. The molecule has 0 atom stereocenters. The summed E-state index contributed by atoms with van der Waals surface area (Å²) < 4.78 is 2.02. The lowest BCUT2D eigenvalue weighted by Gasteiger charge is -2.14. The van der Waals surface area contributed by atoms with Crippen LogP contribution >= 0.6 is 0 Å². The number of nitrogens with one attached hydrogen (secondary N) is 1. The number of aromatic nitrogens is 4. The topological polar surface area (TPSA) is 55.6 Å². The maximum Gasteiger partial charge on any atom is 0.146 e. The monoisotopic (exact) mass is 259 g/mol. The first-order valence-electron chi connectivity index (χ1n) is 6.86. The number of hydrogen-bond donors (Lipinski definition) is 1. The average Bonchev–Trinajstić information content (AvgIpc) is 2.84. The fourth-order valence-corrected chi connectivity index (χ4v) is 2.09. The summed E-state index contributed by atoms with van der Waals surface area (Å²) in [5.41, 5.74) is 1.17. The maximum absolute atomic E-state index is 4.44. The van der Waals surface area contributed by atoms with Gasteiger partial charge < -0.3 is 5.32 Å². The van der Waals surface area contributed by atoms with Gasteiger partial charge in [-0.25, -0.2) is 15.0 Å². The van der Waals surface area contributed by atoms with Crippen LogP contribution in [0.3, 0.4) is 0 Å². The lowest BCUT2D eigenvalue weighted by atomic mass is 10.1. The van der Waals surface area contributed by atoms with Gasteiger partial charge in [0.1, 0.15) is 23.8 Å². The van der Waals surface area contributed by atoms with Crippen LogP contribution < -0.4 is 5.32 Å². The summed E-state index contributed by atoms with van der Waals surface area (Å²) in [5.74, 6) is 2.82. The van der Waals surface area contributed by atoms with E-state index in [9.17, 15) is 0 Å². The number of imidazole rings is 1. The molecule has 0 unspecified atom stereocenters. The Labute approximate surface area is 114 Å². The van der Waals surface area contributed by atoms with E-state index < -0.39 is 0 Å². The quantitative estimate of drug-likeness (QED) is 0.866. The van der Waals surface area contributed by atoms with E-state index in [0.717, 1.165) is 43.3 Å². The smallest absolute Gasteiger partial charge is 0.146 e. The second-order valence-corrected chi connectivity index (χ2v) is 4.55. The van der Waals surface area contributed by atoms with Crippen LogP contribution in [0.5, 0.6) is 0 Å². The molecule has 2 heterocycles. The number of nitrogens with zero attached hydrogens (tertiary/aromatic N) is 4. The van der Waals surface area contributed by atoms with Crippen molar-refractivity contribution in [1.29, 1.82) is 0 Å². The number of anilines is 1. The van der Waals surface area contributed by atoms with Crippen molar-refractivity contribution in [2.75, 3.05) is 11.9 Å². The first kappa shape index (κ1) is 13.5. The molecule has 0 saturated heterocycles. The number of aryl methyl sites for hydroxylation is 1. The van der Waals surface area contributed by atoms with Crippen LogP contribution in [0.4, 0.5) is 5.82 Å². The Morgan fingerprint density at radius 3 is 2.63 bits per heavy atom. The van der Waals surface area contributed by atoms with Crippen LogP contribution in [0.2, 0.25) is 0 Å². The van der Waals surface area contributed by atoms with Crippen molar-refractivity contribution in [3.63, 3.8) is 0 Å². The predicted molar refractivity (Wildman–Crippen MR) is 76.7 cm³/mol. The van der Waals surface area contributed by atoms with E-state index in [1.165, 1.54) is 5.56 Å². The summed E-state index contributed by atoms with van der Waals surface area (Å²) in [6.45, 7) is 7.23. The Balaban J connectivity index is 2.45. The average molecular weight is 259 g/mol. The molecule has 0 aromatic carbocycles. The van der Waals surface area contributed by atoms with E-state index in [4.69, 9.17) is 0 Å². The maximum atomic E-state index is 4.44. The van der Waals surface area contributed by atoms with Gasteiger partial charge in [0.25, 0.3) is 0 Å². The molecule has 0 amide bonds. The van der Waals surface area contributed by atoms with Crippen LogP contribution in [0, 0.1) is 6.92 Å². The molecular weight excluding hydrogens is 238 g/mol. The third kappa shape index (κ3) is 2.92. The fraction of sp³-hybridized carbons (Fsp3) is 0.500. The highest BCUT2D eigenvalue weighted by Crippen LogP contribution is 2.21. The van der Waals surface area contributed by atoms with E-state index in [1.54, 1.807) is 12.5 Å². The Kier molecular flexibility index (Phi) is 4.49. The normalized spacial score (nSPS) is 10.7. The highest BCUT2D eigenvalue weighted by atomic mass is 15.1. The second-order valence-electron chi connectivity index (χ2n) is 4.55. The molecular formula is C14H21N5. The van der Waals surface area contributed by atoms with Gasteiger partial charge >= 0.3 is 0 Å².